The second-order valence-corrected chi connectivity index (χ2v) is 15.5. The molecule has 5 nitrogen and oxygen atoms in total. The number of rotatable bonds is 14. The third-order valence-electron chi connectivity index (χ3n) is 6.94. The highest BCUT2D eigenvalue weighted by Gasteiger charge is 2.46. The second-order valence-electron chi connectivity index (χ2n) is 10.7. The molecule has 0 aromatic rings. The molecular formula is C26H46O5Si. The van der Waals surface area contributed by atoms with E-state index in [1.54, 1.807) is 0 Å². The van der Waals surface area contributed by atoms with Gasteiger partial charge >= 0.3 is 5.97 Å². The molecule has 0 amide bonds. The fourth-order valence-electron chi connectivity index (χ4n) is 3.87. The number of carboxylic acid groups (broad SMARTS) is 1. The molecule has 0 aromatic carbocycles. The van der Waals surface area contributed by atoms with Gasteiger partial charge in [0.1, 0.15) is 5.78 Å². The normalized spacial score (nSPS) is 23.5. The molecule has 1 saturated carbocycles. The molecule has 0 bridgehead atoms. The van der Waals surface area contributed by atoms with E-state index in [0.29, 0.717) is 25.7 Å². The number of Topliss-reactive ketones (excluding diaryl/α,β-unsaturated/α-hetero) is 1. The minimum absolute atomic E-state index is 0.0406. The van der Waals surface area contributed by atoms with Gasteiger partial charge in [0.05, 0.1) is 12.2 Å². The Morgan fingerprint density at radius 1 is 1.22 bits per heavy atom. The van der Waals surface area contributed by atoms with Crippen LogP contribution in [0.5, 0.6) is 0 Å². The van der Waals surface area contributed by atoms with E-state index in [2.05, 4.69) is 40.8 Å². The van der Waals surface area contributed by atoms with Gasteiger partial charge in [-0.3, -0.25) is 9.59 Å². The molecule has 32 heavy (non-hydrogen) atoms. The molecule has 0 aromatic heterocycles. The maximum atomic E-state index is 12.9. The standard InChI is InChI=1S/C26H46O5Si/c1-7-8-11-14-20(27)17-18-22-21(15-12-9-10-13-16-25(29)30)23(28)19-24(22)31-32(5,6)26(2,3)4/h9,12,17-18,20-22,24,27H,7-8,10-11,13-16,19H2,1-6H3,(H,29,30)/b12-9-,18-17+/t20?,21-,22-,24-/m1/s1. The molecule has 4 atom stereocenters. The van der Waals surface area contributed by atoms with E-state index in [1.807, 2.05) is 24.3 Å². The molecule has 0 spiro atoms. The van der Waals surface area contributed by atoms with Gasteiger partial charge in [-0.1, -0.05) is 71.3 Å². The van der Waals surface area contributed by atoms with Gasteiger partial charge in [0, 0.05) is 24.7 Å². The molecule has 184 valence electrons. The van der Waals surface area contributed by atoms with Crippen molar-refractivity contribution in [1.29, 1.82) is 0 Å². The molecule has 1 rings (SSSR count). The number of hydrogen-bond donors (Lipinski definition) is 2. The van der Waals surface area contributed by atoms with Gasteiger partial charge < -0.3 is 14.6 Å². The summed E-state index contributed by atoms with van der Waals surface area (Å²) in [6.45, 7) is 13.2. The first-order valence-corrected chi connectivity index (χ1v) is 15.2. The topological polar surface area (TPSA) is 83.8 Å². The van der Waals surface area contributed by atoms with E-state index in [0.717, 1.165) is 25.7 Å². The number of hydrogen-bond acceptors (Lipinski definition) is 4. The van der Waals surface area contributed by atoms with E-state index in [-0.39, 0.29) is 35.2 Å². The zero-order valence-corrected chi connectivity index (χ0v) is 22.1. The zero-order valence-electron chi connectivity index (χ0n) is 21.1. The van der Waals surface area contributed by atoms with Gasteiger partial charge in [-0.25, -0.2) is 0 Å². The molecule has 0 saturated heterocycles. The maximum Gasteiger partial charge on any atom is 0.303 e. The van der Waals surface area contributed by atoms with Crippen LogP contribution in [0.1, 0.15) is 85.5 Å². The summed E-state index contributed by atoms with van der Waals surface area (Å²) in [5, 5.41) is 19.2. The third-order valence-corrected chi connectivity index (χ3v) is 11.4. The van der Waals surface area contributed by atoms with Crippen molar-refractivity contribution in [2.24, 2.45) is 11.8 Å². The van der Waals surface area contributed by atoms with Gasteiger partial charge in [-0.05, 0) is 43.8 Å². The molecule has 0 heterocycles. The van der Waals surface area contributed by atoms with E-state index in [1.165, 1.54) is 0 Å². The molecule has 0 aliphatic heterocycles. The summed E-state index contributed by atoms with van der Waals surface area (Å²) < 4.78 is 6.67. The average molecular weight is 467 g/mol. The Labute approximate surface area is 196 Å². The number of carboxylic acids is 1. The summed E-state index contributed by atoms with van der Waals surface area (Å²) >= 11 is 0. The van der Waals surface area contributed by atoms with Gasteiger partial charge in [0.2, 0.25) is 0 Å². The Balaban J connectivity index is 2.91. The number of carbonyl (C=O) groups excluding carboxylic acids is 1. The number of ketones is 1. The van der Waals surface area contributed by atoms with Crippen LogP contribution in [0.25, 0.3) is 0 Å². The van der Waals surface area contributed by atoms with Crippen molar-refractivity contribution in [1.82, 2.24) is 0 Å². The minimum Gasteiger partial charge on any atom is -0.481 e. The van der Waals surface area contributed by atoms with Crippen molar-refractivity contribution in [3.05, 3.63) is 24.3 Å². The summed E-state index contributed by atoms with van der Waals surface area (Å²) in [4.78, 5) is 23.6. The molecule has 6 heteroatoms. The number of allylic oxidation sites excluding steroid dienone is 2. The largest absolute Gasteiger partial charge is 0.481 e. The fraction of sp³-hybridized carbons (Fsp3) is 0.769. The number of unbranched alkanes of at least 4 members (excludes halogenated alkanes) is 3. The Bertz CT molecular complexity index is 647. The molecular weight excluding hydrogens is 420 g/mol. The van der Waals surface area contributed by atoms with Gasteiger partial charge in [0.15, 0.2) is 8.32 Å². The Kier molecular flexibility index (Phi) is 12.1. The van der Waals surface area contributed by atoms with Crippen molar-refractivity contribution < 1.29 is 24.2 Å². The van der Waals surface area contributed by atoms with Crippen LogP contribution in [0.3, 0.4) is 0 Å². The van der Waals surface area contributed by atoms with Crippen LogP contribution in [0.2, 0.25) is 18.1 Å². The lowest BCUT2D eigenvalue weighted by Gasteiger charge is -2.39. The number of carbonyl (C=O) groups is 2. The van der Waals surface area contributed by atoms with Crippen molar-refractivity contribution in [2.75, 3.05) is 0 Å². The van der Waals surface area contributed by atoms with Crippen molar-refractivity contribution in [3.63, 3.8) is 0 Å². The van der Waals surface area contributed by atoms with E-state index >= 15 is 0 Å². The van der Waals surface area contributed by atoms with Gasteiger partial charge in [-0.15, -0.1) is 0 Å². The summed E-state index contributed by atoms with van der Waals surface area (Å²) in [7, 11) is -2.03. The fourth-order valence-corrected chi connectivity index (χ4v) is 5.22. The zero-order chi connectivity index (χ0) is 24.4. The Morgan fingerprint density at radius 3 is 2.50 bits per heavy atom. The van der Waals surface area contributed by atoms with Crippen LogP contribution in [-0.2, 0) is 14.0 Å². The smallest absolute Gasteiger partial charge is 0.303 e. The highest BCUT2D eigenvalue weighted by atomic mass is 28.4. The molecule has 1 fully saturated rings. The maximum absolute atomic E-state index is 12.9. The lowest BCUT2D eigenvalue weighted by Crippen LogP contribution is -2.45. The quantitative estimate of drug-likeness (QED) is 0.179. The average Bonchev–Trinajstić information content (AvgIpc) is 2.95. The Morgan fingerprint density at radius 2 is 1.91 bits per heavy atom. The SMILES string of the molecule is CCCCCC(O)/C=C/[C@H]1[C@H](O[Si](C)(C)C(C)(C)C)CC(=O)[C@@H]1C/C=C\CCCC(=O)O. The van der Waals surface area contributed by atoms with E-state index in [4.69, 9.17) is 9.53 Å². The first-order valence-electron chi connectivity index (χ1n) is 12.3. The second kappa shape index (κ2) is 13.5. The number of aliphatic hydroxyl groups is 1. The van der Waals surface area contributed by atoms with Gasteiger partial charge in [-0.2, -0.15) is 0 Å². The first-order chi connectivity index (χ1) is 14.9. The predicted molar refractivity (Wildman–Crippen MR) is 133 cm³/mol. The van der Waals surface area contributed by atoms with Crippen molar-refractivity contribution in [3.8, 4) is 0 Å². The van der Waals surface area contributed by atoms with E-state index < -0.39 is 20.4 Å². The van der Waals surface area contributed by atoms with Crippen molar-refractivity contribution >= 4 is 20.1 Å². The lowest BCUT2D eigenvalue weighted by atomic mass is 9.90. The molecule has 1 aliphatic carbocycles. The van der Waals surface area contributed by atoms with Crippen LogP contribution < -0.4 is 0 Å². The van der Waals surface area contributed by atoms with Crippen molar-refractivity contribution in [2.45, 2.75) is 116 Å². The monoisotopic (exact) mass is 466 g/mol. The van der Waals surface area contributed by atoms with Crippen LogP contribution >= 0.6 is 0 Å². The molecule has 1 unspecified atom stereocenters. The summed E-state index contributed by atoms with van der Waals surface area (Å²) in [6.07, 6.45) is 13.8. The molecule has 0 radical (unpaired) electrons. The summed E-state index contributed by atoms with van der Waals surface area (Å²) in [6, 6.07) is 0. The molecule has 1 aliphatic rings. The lowest BCUT2D eigenvalue weighted by molar-refractivity contribution is -0.137. The van der Waals surface area contributed by atoms with E-state index in [9.17, 15) is 14.7 Å². The minimum atomic E-state index is -2.03. The predicted octanol–water partition coefficient (Wildman–Crippen LogP) is 6.28. The van der Waals surface area contributed by atoms with Gasteiger partial charge in [0.25, 0.3) is 0 Å². The van der Waals surface area contributed by atoms with Crippen LogP contribution in [0, 0.1) is 11.8 Å². The first kappa shape index (κ1) is 28.8. The summed E-state index contributed by atoms with van der Waals surface area (Å²) in [5.41, 5.74) is 0. The highest BCUT2D eigenvalue weighted by Crippen LogP contribution is 2.42. The van der Waals surface area contributed by atoms with Crippen LogP contribution in [0.4, 0.5) is 0 Å². The Hall–Kier alpha value is -1.24. The highest BCUT2D eigenvalue weighted by molar-refractivity contribution is 6.74. The van der Waals surface area contributed by atoms with Crippen LogP contribution in [0.15, 0.2) is 24.3 Å². The number of aliphatic hydroxyl groups excluding tert-OH is 1. The number of aliphatic carboxylic acids is 1. The van der Waals surface area contributed by atoms with Crippen LogP contribution in [-0.4, -0.2) is 42.5 Å². The summed E-state index contributed by atoms with van der Waals surface area (Å²) in [5.74, 6) is -0.752. The molecule has 2 N–H and O–H groups in total. The third kappa shape index (κ3) is 9.71.